The minimum absolute atomic E-state index is 0.0786. The molecule has 0 radical (unpaired) electrons. The number of anilines is 1. The summed E-state index contributed by atoms with van der Waals surface area (Å²) < 4.78 is 5.81. The predicted octanol–water partition coefficient (Wildman–Crippen LogP) is 4.21. The fraction of sp³-hybridized carbons (Fsp3) is 0.316. The third kappa shape index (κ3) is 4.73. The number of nitrogens with zero attached hydrogens (tertiary/aromatic N) is 1. The summed E-state index contributed by atoms with van der Waals surface area (Å²) >= 11 is 5.86. The maximum absolute atomic E-state index is 12.4. The van der Waals surface area contributed by atoms with Gasteiger partial charge in [0.25, 0.3) is 0 Å². The molecular formula is C19H21ClN2O2. The molecular weight excluding hydrogens is 324 g/mol. The van der Waals surface area contributed by atoms with Crippen LogP contribution in [0, 0.1) is 0 Å². The number of amides is 2. The van der Waals surface area contributed by atoms with Crippen molar-refractivity contribution in [3.8, 4) is 0 Å². The van der Waals surface area contributed by atoms with Crippen LogP contribution in [0.3, 0.4) is 0 Å². The Morgan fingerprint density at radius 1 is 1.17 bits per heavy atom. The molecule has 2 amide bonds. The molecule has 1 unspecified atom stereocenters. The molecule has 0 saturated carbocycles. The second-order valence-electron chi connectivity index (χ2n) is 5.90. The molecule has 3 rings (SSSR count). The van der Waals surface area contributed by atoms with Crippen LogP contribution in [0.25, 0.3) is 0 Å². The van der Waals surface area contributed by atoms with Crippen molar-refractivity contribution in [2.45, 2.75) is 18.9 Å². The number of benzene rings is 2. The number of hydrogen-bond acceptors (Lipinski definition) is 2. The molecule has 0 spiro atoms. The van der Waals surface area contributed by atoms with Gasteiger partial charge in [-0.1, -0.05) is 41.9 Å². The van der Waals surface area contributed by atoms with Gasteiger partial charge in [0.2, 0.25) is 0 Å². The lowest BCUT2D eigenvalue weighted by Gasteiger charge is -2.33. The molecule has 0 bridgehead atoms. The first-order valence-corrected chi connectivity index (χ1v) is 8.55. The van der Waals surface area contributed by atoms with Gasteiger partial charge in [0, 0.05) is 23.8 Å². The molecule has 1 aliphatic rings. The molecule has 0 aromatic heterocycles. The highest BCUT2D eigenvalue weighted by atomic mass is 35.5. The van der Waals surface area contributed by atoms with Crippen LogP contribution in [0.15, 0.2) is 54.6 Å². The summed E-state index contributed by atoms with van der Waals surface area (Å²) in [6.45, 7) is 1.81. The van der Waals surface area contributed by atoms with Gasteiger partial charge in [-0.25, -0.2) is 4.79 Å². The summed E-state index contributed by atoms with van der Waals surface area (Å²) in [5, 5.41) is 3.56. The average molecular weight is 345 g/mol. The first kappa shape index (κ1) is 16.8. The zero-order valence-electron chi connectivity index (χ0n) is 13.5. The van der Waals surface area contributed by atoms with Gasteiger partial charge in [-0.3, -0.25) is 0 Å². The van der Waals surface area contributed by atoms with Gasteiger partial charge in [0.1, 0.15) is 0 Å². The molecule has 2 aromatic rings. The molecule has 126 valence electrons. The number of halogens is 1. The third-order valence-electron chi connectivity index (χ3n) is 4.12. The van der Waals surface area contributed by atoms with Crippen LogP contribution in [-0.2, 0) is 11.2 Å². The molecule has 1 saturated heterocycles. The van der Waals surface area contributed by atoms with Crippen LogP contribution in [0.4, 0.5) is 10.5 Å². The minimum atomic E-state index is -0.0923. The van der Waals surface area contributed by atoms with E-state index < -0.39 is 0 Å². The second kappa shape index (κ2) is 8.18. The summed E-state index contributed by atoms with van der Waals surface area (Å²) in [5.41, 5.74) is 2.04. The predicted molar refractivity (Wildman–Crippen MR) is 96.5 cm³/mol. The van der Waals surface area contributed by atoms with Crippen molar-refractivity contribution in [1.29, 1.82) is 0 Å². The molecule has 2 aromatic carbocycles. The topological polar surface area (TPSA) is 41.6 Å². The summed E-state index contributed by atoms with van der Waals surface area (Å²) in [4.78, 5) is 14.2. The SMILES string of the molecule is O=C(Nc1ccc(Cl)cc1)N1CCOC(CCc2ccccc2)C1. The van der Waals surface area contributed by atoms with Crippen molar-refractivity contribution < 1.29 is 9.53 Å². The summed E-state index contributed by atoms with van der Waals surface area (Å²) in [6.07, 6.45) is 1.95. The van der Waals surface area contributed by atoms with Gasteiger partial charge in [0.05, 0.1) is 12.7 Å². The third-order valence-corrected chi connectivity index (χ3v) is 4.37. The Kier molecular flexibility index (Phi) is 5.72. The largest absolute Gasteiger partial charge is 0.375 e. The zero-order chi connectivity index (χ0) is 16.8. The van der Waals surface area contributed by atoms with Crippen molar-refractivity contribution in [2.75, 3.05) is 25.0 Å². The summed E-state index contributed by atoms with van der Waals surface area (Å²) in [5.74, 6) is 0. The molecule has 0 aliphatic carbocycles. The number of carbonyl (C=O) groups is 1. The van der Waals surface area contributed by atoms with E-state index in [0.29, 0.717) is 24.7 Å². The van der Waals surface area contributed by atoms with Crippen molar-refractivity contribution in [3.05, 3.63) is 65.2 Å². The first-order valence-electron chi connectivity index (χ1n) is 8.18. The lowest BCUT2D eigenvalue weighted by molar-refractivity contribution is -0.0157. The van der Waals surface area contributed by atoms with Crippen molar-refractivity contribution >= 4 is 23.3 Å². The van der Waals surface area contributed by atoms with Gasteiger partial charge in [-0.15, -0.1) is 0 Å². The van der Waals surface area contributed by atoms with Crippen LogP contribution < -0.4 is 5.32 Å². The van der Waals surface area contributed by atoms with Crippen molar-refractivity contribution in [2.24, 2.45) is 0 Å². The lowest BCUT2D eigenvalue weighted by atomic mass is 10.1. The van der Waals surface area contributed by atoms with E-state index in [1.165, 1.54) is 5.56 Å². The van der Waals surface area contributed by atoms with Crippen LogP contribution >= 0.6 is 11.6 Å². The number of aryl methyl sites for hydroxylation is 1. The van der Waals surface area contributed by atoms with Crippen LogP contribution in [-0.4, -0.2) is 36.7 Å². The van der Waals surface area contributed by atoms with Crippen molar-refractivity contribution in [3.63, 3.8) is 0 Å². The Morgan fingerprint density at radius 2 is 1.92 bits per heavy atom. The Hall–Kier alpha value is -2.04. The quantitative estimate of drug-likeness (QED) is 0.902. The maximum atomic E-state index is 12.4. The van der Waals surface area contributed by atoms with E-state index in [4.69, 9.17) is 16.3 Å². The normalized spacial score (nSPS) is 17.5. The van der Waals surface area contributed by atoms with E-state index >= 15 is 0 Å². The van der Waals surface area contributed by atoms with E-state index in [1.54, 1.807) is 24.3 Å². The van der Waals surface area contributed by atoms with Gasteiger partial charge in [-0.05, 0) is 42.7 Å². The van der Waals surface area contributed by atoms with E-state index in [9.17, 15) is 4.79 Å². The first-order chi connectivity index (χ1) is 11.7. The fourth-order valence-electron chi connectivity index (χ4n) is 2.79. The van der Waals surface area contributed by atoms with Gasteiger partial charge in [0.15, 0.2) is 0 Å². The Balaban J connectivity index is 1.51. The number of morpholine rings is 1. The monoisotopic (exact) mass is 344 g/mol. The summed E-state index contributed by atoms with van der Waals surface area (Å²) in [7, 11) is 0. The zero-order valence-corrected chi connectivity index (χ0v) is 14.2. The molecule has 1 heterocycles. The number of carbonyl (C=O) groups excluding carboxylic acids is 1. The number of urea groups is 1. The van der Waals surface area contributed by atoms with E-state index in [2.05, 4.69) is 17.4 Å². The van der Waals surface area contributed by atoms with E-state index in [1.807, 2.05) is 23.1 Å². The Labute approximate surface area is 147 Å². The molecule has 1 fully saturated rings. The van der Waals surface area contributed by atoms with E-state index in [0.717, 1.165) is 18.5 Å². The highest BCUT2D eigenvalue weighted by Gasteiger charge is 2.24. The Bertz CT molecular complexity index is 661. The van der Waals surface area contributed by atoms with Gasteiger partial charge >= 0.3 is 6.03 Å². The second-order valence-corrected chi connectivity index (χ2v) is 6.34. The van der Waals surface area contributed by atoms with Gasteiger partial charge < -0.3 is 15.0 Å². The molecule has 24 heavy (non-hydrogen) atoms. The summed E-state index contributed by atoms with van der Waals surface area (Å²) in [6, 6.07) is 17.4. The average Bonchev–Trinajstić information content (AvgIpc) is 2.63. The highest BCUT2D eigenvalue weighted by molar-refractivity contribution is 6.30. The molecule has 5 heteroatoms. The van der Waals surface area contributed by atoms with Crippen LogP contribution in [0.1, 0.15) is 12.0 Å². The molecule has 1 N–H and O–H groups in total. The number of hydrogen-bond donors (Lipinski definition) is 1. The molecule has 1 atom stereocenters. The molecule has 1 aliphatic heterocycles. The maximum Gasteiger partial charge on any atom is 0.322 e. The van der Waals surface area contributed by atoms with Crippen molar-refractivity contribution in [1.82, 2.24) is 4.90 Å². The smallest absolute Gasteiger partial charge is 0.322 e. The van der Waals surface area contributed by atoms with Crippen LogP contribution in [0.2, 0.25) is 5.02 Å². The van der Waals surface area contributed by atoms with Gasteiger partial charge in [-0.2, -0.15) is 0 Å². The standard InChI is InChI=1S/C19H21ClN2O2/c20-16-7-9-17(10-8-16)21-19(23)22-12-13-24-18(14-22)11-6-15-4-2-1-3-5-15/h1-5,7-10,18H,6,11-14H2,(H,21,23). The van der Waals surface area contributed by atoms with Crippen LogP contribution in [0.5, 0.6) is 0 Å². The number of nitrogens with one attached hydrogen (secondary N) is 1. The lowest BCUT2D eigenvalue weighted by Crippen LogP contribution is -2.47. The fourth-order valence-corrected chi connectivity index (χ4v) is 2.91. The molecule has 4 nitrogen and oxygen atoms in total. The minimum Gasteiger partial charge on any atom is -0.375 e. The highest BCUT2D eigenvalue weighted by Crippen LogP contribution is 2.16. The van der Waals surface area contributed by atoms with E-state index in [-0.39, 0.29) is 12.1 Å². The Morgan fingerprint density at radius 3 is 2.67 bits per heavy atom. The number of rotatable bonds is 4. The number of ether oxygens (including phenoxy) is 1.